The number of hydrogen-bond acceptors (Lipinski definition) is 5. The molecule has 0 aliphatic carbocycles. The van der Waals surface area contributed by atoms with E-state index in [9.17, 15) is 9.59 Å². The number of benzene rings is 2. The minimum atomic E-state index is -0.674. The van der Waals surface area contributed by atoms with E-state index in [4.69, 9.17) is 14.2 Å². The highest BCUT2D eigenvalue weighted by Gasteiger charge is 2.33. The minimum Gasteiger partial charge on any atom is -0.493 e. The Morgan fingerprint density at radius 3 is 2.44 bits per heavy atom. The summed E-state index contributed by atoms with van der Waals surface area (Å²) >= 11 is 0. The van der Waals surface area contributed by atoms with Crippen molar-refractivity contribution in [1.29, 1.82) is 0 Å². The third kappa shape index (κ3) is 6.31. The summed E-state index contributed by atoms with van der Waals surface area (Å²) in [7, 11) is 1.57. The summed E-state index contributed by atoms with van der Waals surface area (Å²) in [5.41, 5.74) is 3.46. The van der Waals surface area contributed by atoms with Gasteiger partial charge in [0.05, 0.1) is 25.3 Å². The summed E-state index contributed by atoms with van der Waals surface area (Å²) < 4.78 is 17.2. The van der Waals surface area contributed by atoms with E-state index >= 15 is 0 Å². The number of carbonyl (C=O) groups excluding carboxylic acids is 2. The maximum Gasteiger partial charge on any atom is 0.338 e. The number of rotatable bonds is 8. The van der Waals surface area contributed by atoms with E-state index in [0.717, 1.165) is 17.5 Å². The zero-order valence-corrected chi connectivity index (χ0v) is 20.8. The molecule has 7 heteroatoms. The third-order valence-electron chi connectivity index (χ3n) is 5.62. The Labute approximate surface area is 201 Å². The molecule has 1 aliphatic rings. The van der Waals surface area contributed by atoms with E-state index < -0.39 is 12.0 Å². The van der Waals surface area contributed by atoms with Gasteiger partial charge < -0.3 is 24.8 Å². The van der Waals surface area contributed by atoms with Crippen molar-refractivity contribution in [1.82, 2.24) is 10.6 Å². The fourth-order valence-corrected chi connectivity index (χ4v) is 3.74. The molecule has 0 spiro atoms. The first kappa shape index (κ1) is 25.1. The van der Waals surface area contributed by atoms with Crippen molar-refractivity contribution in [2.45, 2.75) is 53.7 Å². The first-order valence-electron chi connectivity index (χ1n) is 11.4. The molecule has 0 bridgehead atoms. The molecule has 34 heavy (non-hydrogen) atoms. The molecule has 0 saturated carbocycles. The van der Waals surface area contributed by atoms with Gasteiger partial charge in [0.25, 0.3) is 0 Å². The molecule has 1 aliphatic heterocycles. The number of urea groups is 1. The van der Waals surface area contributed by atoms with Gasteiger partial charge in [0.2, 0.25) is 0 Å². The van der Waals surface area contributed by atoms with Crippen LogP contribution in [0.5, 0.6) is 11.5 Å². The maximum atomic E-state index is 13.0. The molecule has 182 valence electrons. The van der Waals surface area contributed by atoms with E-state index in [-0.39, 0.29) is 11.4 Å². The largest absolute Gasteiger partial charge is 0.493 e. The zero-order chi connectivity index (χ0) is 24.9. The Bertz CT molecular complexity index is 1070. The van der Waals surface area contributed by atoms with Gasteiger partial charge >= 0.3 is 12.0 Å². The first-order valence-corrected chi connectivity index (χ1v) is 11.4. The normalized spacial score (nSPS) is 15.9. The number of allylic oxidation sites excluding steroid dienone is 1. The smallest absolute Gasteiger partial charge is 0.338 e. The quantitative estimate of drug-likeness (QED) is 0.523. The van der Waals surface area contributed by atoms with Crippen LogP contribution in [-0.2, 0) is 16.1 Å². The van der Waals surface area contributed by atoms with Gasteiger partial charge in [-0.1, -0.05) is 51.1 Å². The summed E-state index contributed by atoms with van der Waals surface area (Å²) in [6, 6.07) is 12.5. The molecule has 2 N–H and O–H groups in total. The van der Waals surface area contributed by atoms with Crippen molar-refractivity contribution >= 4 is 12.0 Å². The molecule has 2 amide bonds. The predicted molar refractivity (Wildman–Crippen MR) is 131 cm³/mol. The van der Waals surface area contributed by atoms with Crippen LogP contribution in [0.1, 0.15) is 56.8 Å². The van der Waals surface area contributed by atoms with Crippen molar-refractivity contribution in [3.05, 3.63) is 70.4 Å². The van der Waals surface area contributed by atoms with E-state index in [2.05, 4.69) is 31.4 Å². The topological polar surface area (TPSA) is 85.9 Å². The molecule has 2 aromatic carbocycles. The van der Waals surface area contributed by atoms with Crippen LogP contribution in [0.4, 0.5) is 4.79 Å². The average Bonchev–Trinajstić information content (AvgIpc) is 2.77. The molecule has 0 aromatic heterocycles. The number of hydrogen-bond donors (Lipinski definition) is 2. The highest BCUT2D eigenvalue weighted by atomic mass is 16.5. The molecule has 0 fully saturated rings. The van der Waals surface area contributed by atoms with E-state index in [1.54, 1.807) is 20.1 Å². The highest BCUT2D eigenvalue weighted by molar-refractivity contribution is 5.95. The Morgan fingerprint density at radius 1 is 1.09 bits per heavy atom. The Balaban J connectivity index is 1.88. The first-order chi connectivity index (χ1) is 16.1. The molecule has 1 atom stereocenters. The lowest BCUT2D eigenvalue weighted by Gasteiger charge is -2.29. The minimum absolute atomic E-state index is 0.0438. The van der Waals surface area contributed by atoms with Crippen LogP contribution in [0, 0.1) is 12.3 Å². The fraction of sp³-hybridized carbons (Fsp3) is 0.407. The van der Waals surface area contributed by atoms with Crippen molar-refractivity contribution in [2.75, 3.05) is 13.7 Å². The van der Waals surface area contributed by atoms with E-state index in [1.165, 1.54) is 0 Å². The van der Waals surface area contributed by atoms with Crippen LogP contribution < -0.4 is 20.1 Å². The van der Waals surface area contributed by atoms with Gasteiger partial charge in [-0.15, -0.1) is 0 Å². The van der Waals surface area contributed by atoms with Crippen LogP contribution in [-0.4, -0.2) is 25.7 Å². The van der Waals surface area contributed by atoms with Gasteiger partial charge in [0.15, 0.2) is 11.5 Å². The summed E-state index contributed by atoms with van der Waals surface area (Å²) in [5, 5.41) is 5.53. The second kappa shape index (κ2) is 10.6. The van der Waals surface area contributed by atoms with Crippen molar-refractivity contribution in [3.63, 3.8) is 0 Å². The molecule has 3 rings (SSSR count). The Hall–Kier alpha value is -3.48. The van der Waals surface area contributed by atoms with Crippen LogP contribution in [0.3, 0.4) is 0 Å². The van der Waals surface area contributed by atoms with Gasteiger partial charge in [-0.25, -0.2) is 9.59 Å². The highest BCUT2D eigenvalue weighted by Crippen LogP contribution is 2.38. The number of nitrogens with one attached hydrogen (secondary N) is 2. The molecule has 0 radical (unpaired) electrons. The molecule has 1 heterocycles. The van der Waals surface area contributed by atoms with Crippen molar-refractivity contribution in [2.24, 2.45) is 5.41 Å². The van der Waals surface area contributed by atoms with Gasteiger partial charge in [-0.2, -0.15) is 0 Å². The number of methoxy groups -OCH3 is 1. The number of aryl methyl sites for hydroxylation is 1. The maximum absolute atomic E-state index is 13.0. The zero-order valence-electron chi connectivity index (χ0n) is 20.8. The van der Waals surface area contributed by atoms with E-state index in [1.807, 2.05) is 43.3 Å². The summed E-state index contributed by atoms with van der Waals surface area (Å²) in [6.07, 6.45) is 0.732. The molecule has 2 aromatic rings. The molecule has 1 unspecified atom stereocenters. The van der Waals surface area contributed by atoms with Crippen LogP contribution in [0.15, 0.2) is 53.7 Å². The predicted octanol–water partition coefficient (Wildman–Crippen LogP) is 5.19. The molecular formula is C27H34N2O5. The lowest BCUT2D eigenvalue weighted by molar-refractivity contribution is -0.140. The number of amides is 2. The molecule has 7 nitrogen and oxygen atoms in total. The Morgan fingerprint density at radius 2 is 1.79 bits per heavy atom. The van der Waals surface area contributed by atoms with Gasteiger partial charge in [0.1, 0.15) is 6.61 Å². The summed E-state index contributed by atoms with van der Waals surface area (Å²) in [5.74, 6) is 0.683. The molecular weight excluding hydrogens is 432 g/mol. The number of ether oxygens (including phenoxy) is 3. The summed E-state index contributed by atoms with van der Waals surface area (Å²) in [4.78, 5) is 25.3. The molecule has 0 saturated heterocycles. The second-order valence-electron chi connectivity index (χ2n) is 9.66. The SMILES string of the molecule is COc1cc(C2NC(=O)NC(C)=C2C(=O)OCCC(C)(C)C)cc(C)c1OCc1ccccc1. The average molecular weight is 467 g/mol. The van der Waals surface area contributed by atoms with Crippen LogP contribution >= 0.6 is 0 Å². The Kier molecular flexibility index (Phi) is 7.87. The number of esters is 1. The lowest BCUT2D eigenvalue weighted by Crippen LogP contribution is -2.45. The third-order valence-corrected chi connectivity index (χ3v) is 5.62. The van der Waals surface area contributed by atoms with Gasteiger partial charge in [-0.05, 0) is 54.5 Å². The lowest BCUT2D eigenvalue weighted by atomic mass is 9.92. The standard InChI is InChI=1S/C27H34N2O5/c1-17-14-20(15-21(32-6)24(17)34-16-19-10-8-7-9-11-19)23-22(18(2)28-26(31)29-23)25(30)33-13-12-27(3,4)5/h7-11,14-15,23H,12-13,16H2,1-6H3,(H2,28,29,31). The van der Waals surface area contributed by atoms with E-state index in [0.29, 0.717) is 41.5 Å². The summed E-state index contributed by atoms with van der Waals surface area (Å²) in [6.45, 7) is 10.6. The van der Waals surface area contributed by atoms with Crippen LogP contribution in [0.25, 0.3) is 0 Å². The van der Waals surface area contributed by atoms with Gasteiger partial charge in [0, 0.05) is 5.70 Å². The van der Waals surface area contributed by atoms with Crippen molar-refractivity contribution < 1.29 is 23.8 Å². The fourth-order valence-electron chi connectivity index (χ4n) is 3.74. The second-order valence-corrected chi connectivity index (χ2v) is 9.66. The van der Waals surface area contributed by atoms with Crippen LogP contribution in [0.2, 0.25) is 0 Å². The van der Waals surface area contributed by atoms with Crippen molar-refractivity contribution in [3.8, 4) is 11.5 Å². The monoisotopic (exact) mass is 466 g/mol. The number of carbonyl (C=O) groups is 2. The van der Waals surface area contributed by atoms with Gasteiger partial charge in [-0.3, -0.25) is 0 Å².